The van der Waals surface area contributed by atoms with Crippen LogP contribution < -0.4 is 5.32 Å². The molecule has 4 rings (SSSR count). The lowest BCUT2D eigenvalue weighted by Gasteiger charge is -2.39. The molecule has 2 amide bonds. The Morgan fingerprint density at radius 3 is 2.55 bits per heavy atom. The van der Waals surface area contributed by atoms with E-state index in [9.17, 15) is 4.79 Å². The summed E-state index contributed by atoms with van der Waals surface area (Å²) in [7, 11) is 0. The summed E-state index contributed by atoms with van der Waals surface area (Å²) in [5, 5.41) is 5.62. The summed E-state index contributed by atoms with van der Waals surface area (Å²) in [6.07, 6.45) is 2.73. The summed E-state index contributed by atoms with van der Waals surface area (Å²) in [6, 6.07) is 10.0. The number of benzene rings is 1. The molecule has 0 spiro atoms. The average molecular weight is 415 g/mol. The van der Waals surface area contributed by atoms with Crippen LogP contribution in [-0.2, 0) is 4.74 Å². The number of carbonyl (C=O) groups is 1. The highest BCUT2D eigenvalue weighted by Crippen LogP contribution is 2.26. The van der Waals surface area contributed by atoms with E-state index in [4.69, 9.17) is 4.74 Å². The number of aromatic nitrogens is 1. The molecular formula is C22H30N4O2S. The number of morpholine rings is 1. The number of carbonyl (C=O) groups excluding carboxylic acids is 1. The summed E-state index contributed by atoms with van der Waals surface area (Å²) in [4.78, 5) is 21.7. The first kappa shape index (κ1) is 20.3. The Bertz CT molecular complexity index is 794. The van der Waals surface area contributed by atoms with Gasteiger partial charge in [0.05, 0.1) is 17.9 Å². The molecule has 2 saturated heterocycles. The number of piperidine rings is 1. The Balaban J connectivity index is 1.25. The summed E-state index contributed by atoms with van der Waals surface area (Å²) in [6.45, 7) is 9.05. The number of nitrogens with one attached hydrogen (secondary N) is 1. The number of urea groups is 1. The normalized spacial score (nSPS) is 23.9. The molecule has 2 aliphatic heterocycles. The lowest BCUT2D eigenvalue weighted by molar-refractivity contribution is -0.0728. The van der Waals surface area contributed by atoms with Crippen molar-refractivity contribution in [3.05, 3.63) is 35.7 Å². The van der Waals surface area contributed by atoms with Gasteiger partial charge in [-0.15, -0.1) is 11.3 Å². The van der Waals surface area contributed by atoms with Crippen molar-refractivity contribution in [3.63, 3.8) is 0 Å². The molecule has 0 radical (unpaired) electrons. The van der Waals surface area contributed by atoms with Crippen LogP contribution in [0.25, 0.3) is 11.3 Å². The minimum absolute atomic E-state index is 0.0361. The molecule has 2 atom stereocenters. The fraction of sp³-hybridized carbons (Fsp3) is 0.545. The number of anilines is 1. The maximum atomic E-state index is 12.7. The molecule has 3 heterocycles. The third-order valence-electron chi connectivity index (χ3n) is 5.70. The van der Waals surface area contributed by atoms with Crippen LogP contribution >= 0.6 is 11.3 Å². The highest BCUT2D eigenvalue weighted by Gasteiger charge is 2.28. The van der Waals surface area contributed by atoms with E-state index in [1.807, 2.05) is 40.6 Å². The Morgan fingerprint density at radius 1 is 1.17 bits per heavy atom. The second-order valence-corrected chi connectivity index (χ2v) is 9.10. The highest BCUT2D eigenvalue weighted by molar-refractivity contribution is 7.14. The summed E-state index contributed by atoms with van der Waals surface area (Å²) < 4.78 is 5.83. The van der Waals surface area contributed by atoms with Gasteiger partial charge in [0.2, 0.25) is 0 Å². The van der Waals surface area contributed by atoms with Crippen LogP contribution in [0.4, 0.5) is 9.93 Å². The zero-order valence-electron chi connectivity index (χ0n) is 17.2. The van der Waals surface area contributed by atoms with Crippen molar-refractivity contribution in [2.24, 2.45) is 5.92 Å². The summed E-state index contributed by atoms with van der Waals surface area (Å²) >= 11 is 1.47. The fourth-order valence-electron chi connectivity index (χ4n) is 4.36. The van der Waals surface area contributed by atoms with Crippen LogP contribution in [0.5, 0.6) is 0 Å². The number of rotatable bonds is 4. The van der Waals surface area contributed by atoms with Crippen molar-refractivity contribution in [2.45, 2.75) is 38.9 Å². The van der Waals surface area contributed by atoms with Gasteiger partial charge in [-0.3, -0.25) is 10.2 Å². The molecule has 7 heteroatoms. The van der Waals surface area contributed by atoms with E-state index in [0.717, 1.165) is 56.8 Å². The number of likely N-dealkylation sites (tertiary alicyclic amines) is 1. The van der Waals surface area contributed by atoms with Crippen LogP contribution in [0.15, 0.2) is 35.7 Å². The second-order valence-electron chi connectivity index (χ2n) is 8.24. The van der Waals surface area contributed by atoms with Crippen LogP contribution in [0.1, 0.15) is 26.7 Å². The molecule has 6 nitrogen and oxygen atoms in total. The largest absolute Gasteiger partial charge is 0.373 e. The zero-order chi connectivity index (χ0) is 20.2. The minimum atomic E-state index is -0.0361. The van der Waals surface area contributed by atoms with E-state index in [2.05, 4.69) is 29.0 Å². The summed E-state index contributed by atoms with van der Waals surface area (Å²) in [5.41, 5.74) is 1.97. The molecule has 1 aromatic carbocycles. The molecule has 0 bridgehead atoms. The molecule has 2 fully saturated rings. The van der Waals surface area contributed by atoms with Crippen molar-refractivity contribution in [2.75, 3.05) is 38.0 Å². The topological polar surface area (TPSA) is 57.7 Å². The smallest absolute Gasteiger partial charge is 0.323 e. The monoisotopic (exact) mass is 414 g/mol. The average Bonchev–Trinajstić information content (AvgIpc) is 3.17. The molecule has 0 saturated carbocycles. The highest BCUT2D eigenvalue weighted by atomic mass is 32.1. The van der Waals surface area contributed by atoms with E-state index < -0.39 is 0 Å². The van der Waals surface area contributed by atoms with Gasteiger partial charge in [0.1, 0.15) is 0 Å². The van der Waals surface area contributed by atoms with Gasteiger partial charge < -0.3 is 9.64 Å². The lowest BCUT2D eigenvalue weighted by atomic mass is 9.96. The molecule has 2 unspecified atom stereocenters. The lowest BCUT2D eigenvalue weighted by Crippen LogP contribution is -2.49. The predicted octanol–water partition coefficient (Wildman–Crippen LogP) is 4.16. The van der Waals surface area contributed by atoms with Gasteiger partial charge in [0.15, 0.2) is 5.13 Å². The van der Waals surface area contributed by atoms with E-state index in [1.165, 1.54) is 11.3 Å². The summed E-state index contributed by atoms with van der Waals surface area (Å²) in [5.74, 6) is 0.654. The van der Waals surface area contributed by atoms with Gasteiger partial charge in [-0.1, -0.05) is 30.3 Å². The van der Waals surface area contributed by atoms with Gasteiger partial charge in [-0.2, -0.15) is 0 Å². The number of hydrogen-bond acceptors (Lipinski definition) is 5. The molecule has 156 valence electrons. The molecule has 2 aromatic rings. The van der Waals surface area contributed by atoms with Crippen LogP contribution in [0.2, 0.25) is 0 Å². The standard InChI is InChI=1S/C22H30N4O2S/c1-16-12-25(13-17(2)28-16)14-18-8-10-26(11-9-18)22(27)24-21-23-20(15-29-21)19-6-4-3-5-7-19/h3-7,15-18H,8-14H2,1-2H3,(H,23,24,27). The van der Waals surface area contributed by atoms with Crippen molar-refractivity contribution in [1.29, 1.82) is 0 Å². The van der Waals surface area contributed by atoms with Gasteiger partial charge in [0, 0.05) is 43.7 Å². The van der Waals surface area contributed by atoms with E-state index >= 15 is 0 Å². The van der Waals surface area contributed by atoms with Gasteiger partial charge in [0.25, 0.3) is 0 Å². The molecule has 1 N–H and O–H groups in total. The number of hydrogen-bond donors (Lipinski definition) is 1. The first-order valence-corrected chi connectivity index (χ1v) is 11.4. The number of thiazole rings is 1. The van der Waals surface area contributed by atoms with Crippen molar-refractivity contribution >= 4 is 22.5 Å². The zero-order valence-corrected chi connectivity index (χ0v) is 18.0. The molecule has 0 aliphatic carbocycles. The van der Waals surface area contributed by atoms with Crippen LogP contribution in [0.3, 0.4) is 0 Å². The fourth-order valence-corrected chi connectivity index (χ4v) is 5.07. The van der Waals surface area contributed by atoms with E-state index in [-0.39, 0.29) is 6.03 Å². The predicted molar refractivity (Wildman–Crippen MR) is 117 cm³/mol. The Hall–Kier alpha value is -1.96. The van der Waals surface area contributed by atoms with Crippen molar-refractivity contribution in [1.82, 2.24) is 14.8 Å². The number of amides is 2. The molecule has 1 aromatic heterocycles. The van der Waals surface area contributed by atoms with Gasteiger partial charge >= 0.3 is 6.03 Å². The maximum absolute atomic E-state index is 12.7. The second kappa shape index (κ2) is 9.24. The van der Waals surface area contributed by atoms with Crippen LogP contribution in [-0.4, -0.2) is 65.7 Å². The SMILES string of the molecule is CC1CN(CC2CCN(C(=O)Nc3nc(-c4ccccc4)cs3)CC2)CC(C)O1. The number of ether oxygens (including phenoxy) is 1. The van der Waals surface area contributed by atoms with E-state index in [0.29, 0.717) is 23.3 Å². The van der Waals surface area contributed by atoms with Gasteiger partial charge in [-0.25, -0.2) is 9.78 Å². The van der Waals surface area contributed by atoms with Crippen LogP contribution in [0, 0.1) is 5.92 Å². The molecular weight excluding hydrogens is 384 g/mol. The first-order chi connectivity index (χ1) is 14.1. The Morgan fingerprint density at radius 2 is 1.86 bits per heavy atom. The van der Waals surface area contributed by atoms with Crippen molar-refractivity contribution in [3.8, 4) is 11.3 Å². The van der Waals surface area contributed by atoms with Crippen molar-refractivity contribution < 1.29 is 9.53 Å². The van der Waals surface area contributed by atoms with E-state index in [1.54, 1.807) is 0 Å². The third-order valence-corrected chi connectivity index (χ3v) is 6.46. The maximum Gasteiger partial charge on any atom is 0.323 e. The number of nitrogens with zero attached hydrogens (tertiary/aromatic N) is 3. The third kappa shape index (κ3) is 5.35. The van der Waals surface area contributed by atoms with Gasteiger partial charge in [-0.05, 0) is 32.6 Å². The Kier molecular flexibility index (Phi) is 6.47. The molecule has 2 aliphatic rings. The minimum Gasteiger partial charge on any atom is -0.373 e. The molecule has 29 heavy (non-hydrogen) atoms. The Labute approximate surface area is 176 Å². The first-order valence-electron chi connectivity index (χ1n) is 10.5. The quantitative estimate of drug-likeness (QED) is 0.816.